The van der Waals surface area contributed by atoms with Gasteiger partial charge in [0.15, 0.2) is 11.5 Å². The molecule has 1 unspecified atom stereocenters. The van der Waals surface area contributed by atoms with Crippen LogP contribution in [0.25, 0.3) is 5.57 Å². The summed E-state index contributed by atoms with van der Waals surface area (Å²) in [5.74, 6) is 1.83. The SMILES string of the molecule is CC.CCC(C)(C)C(C)(C)COc1cc2c(cc1OCC(C)(C)C(C)(C)O)C(=O)N1C=C(c3ccc(OC)cc3)CC1CN2. The monoisotopic (exact) mass is 608 g/mol. The fourth-order valence-corrected chi connectivity index (χ4v) is 4.91. The number of benzene rings is 2. The van der Waals surface area contributed by atoms with Crippen molar-refractivity contribution in [1.82, 2.24) is 4.90 Å². The van der Waals surface area contributed by atoms with E-state index in [4.69, 9.17) is 14.2 Å². The van der Waals surface area contributed by atoms with E-state index < -0.39 is 11.0 Å². The normalized spacial score (nSPS) is 16.9. The van der Waals surface area contributed by atoms with Gasteiger partial charge in [-0.2, -0.15) is 0 Å². The Balaban J connectivity index is 0.00000259. The molecule has 2 heterocycles. The van der Waals surface area contributed by atoms with Crippen molar-refractivity contribution in [3.05, 3.63) is 53.7 Å². The molecule has 0 radical (unpaired) electrons. The lowest BCUT2D eigenvalue weighted by Gasteiger charge is -2.41. The molecule has 7 heteroatoms. The first kappa shape index (κ1) is 35.3. The number of nitrogens with zero attached hydrogens (tertiary/aromatic N) is 1. The molecule has 4 rings (SSSR count). The van der Waals surface area contributed by atoms with Gasteiger partial charge < -0.3 is 29.5 Å². The Hall–Kier alpha value is -3.19. The van der Waals surface area contributed by atoms with Gasteiger partial charge in [0.25, 0.3) is 5.91 Å². The number of carbonyl (C=O) groups is 1. The number of fused-ring (bicyclic) bond motifs is 2. The molecule has 1 atom stereocenters. The second-order valence-electron chi connectivity index (χ2n) is 14.3. The van der Waals surface area contributed by atoms with Gasteiger partial charge >= 0.3 is 0 Å². The van der Waals surface area contributed by atoms with Gasteiger partial charge in [-0.1, -0.05) is 80.9 Å². The summed E-state index contributed by atoms with van der Waals surface area (Å²) in [4.78, 5) is 15.8. The van der Waals surface area contributed by atoms with Crippen LogP contribution in [-0.4, -0.2) is 54.4 Å². The van der Waals surface area contributed by atoms with Crippen LogP contribution in [0, 0.1) is 16.2 Å². The first-order valence-corrected chi connectivity index (χ1v) is 16.1. The van der Waals surface area contributed by atoms with Crippen molar-refractivity contribution in [2.45, 2.75) is 101 Å². The Bertz CT molecular complexity index is 1320. The van der Waals surface area contributed by atoms with Crippen LogP contribution >= 0.6 is 0 Å². The van der Waals surface area contributed by atoms with Crippen molar-refractivity contribution in [1.29, 1.82) is 0 Å². The Labute approximate surface area is 266 Å². The smallest absolute Gasteiger partial charge is 0.260 e. The highest BCUT2D eigenvalue weighted by molar-refractivity contribution is 6.03. The van der Waals surface area contributed by atoms with Gasteiger partial charge in [0.2, 0.25) is 0 Å². The molecule has 0 bridgehead atoms. The van der Waals surface area contributed by atoms with E-state index in [0.29, 0.717) is 30.2 Å². The number of methoxy groups -OCH3 is 1. The van der Waals surface area contributed by atoms with Crippen molar-refractivity contribution in [3.63, 3.8) is 0 Å². The number of nitrogens with one attached hydrogen (secondary N) is 1. The highest BCUT2D eigenvalue weighted by atomic mass is 16.5. The Kier molecular flexibility index (Phi) is 10.8. The van der Waals surface area contributed by atoms with E-state index in [9.17, 15) is 9.90 Å². The molecule has 2 aliphatic heterocycles. The lowest BCUT2D eigenvalue weighted by Crippen LogP contribution is -2.43. The number of anilines is 1. The summed E-state index contributed by atoms with van der Waals surface area (Å²) in [6.45, 7) is 24.1. The zero-order valence-corrected chi connectivity index (χ0v) is 29.2. The van der Waals surface area contributed by atoms with Gasteiger partial charge in [0.1, 0.15) is 5.75 Å². The summed E-state index contributed by atoms with van der Waals surface area (Å²) in [5.41, 5.74) is 1.94. The number of carbonyl (C=O) groups excluding carboxylic acids is 1. The zero-order valence-electron chi connectivity index (χ0n) is 29.2. The third-order valence-electron chi connectivity index (χ3n) is 10.2. The number of amides is 1. The molecule has 2 aromatic carbocycles. The van der Waals surface area contributed by atoms with E-state index in [1.807, 2.05) is 69.1 Å². The quantitative estimate of drug-likeness (QED) is 0.267. The van der Waals surface area contributed by atoms with Crippen LogP contribution in [0.15, 0.2) is 42.6 Å². The number of aliphatic hydroxyl groups is 1. The molecular formula is C37H56N2O5. The molecule has 44 heavy (non-hydrogen) atoms. The molecule has 2 N–H and O–H groups in total. The summed E-state index contributed by atoms with van der Waals surface area (Å²) >= 11 is 0. The van der Waals surface area contributed by atoms with Crippen LogP contribution in [0.1, 0.15) is 105 Å². The minimum Gasteiger partial charge on any atom is -0.497 e. The molecule has 1 amide bonds. The average molecular weight is 609 g/mol. The van der Waals surface area contributed by atoms with Crippen molar-refractivity contribution in [2.75, 3.05) is 32.2 Å². The van der Waals surface area contributed by atoms with Gasteiger partial charge in [0.05, 0.1) is 43.2 Å². The largest absolute Gasteiger partial charge is 0.497 e. The first-order valence-electron chi connectivity index (χ1n) is 16.1. The van der Waals surface area contributed by atoms with Crippen LogP contribution in [0.5, 0.6) is 17.2 Å². The first-order chi connectivity index (χ1) is 20.5. The molecular weight excluding hydrogens is 552 g/mol. The molecule has 244 valence electrons. The minimum atomic E-state index is -0.963. The van der Waals surface area contributed by atoms with Crippen LogP contribution < -0.4 is 19.5 Å². The highest BCUT2D eigenvalue weighted by Crippen LogP contribution is 2.44. The second kappa shape index (κ2) is 13.4. The van der Waals surface area contributed by atoms with Crippen LogP contribution in [0.2, 0.25) is 0 Å². The van der Waals surface area contributed by atoms with Crippen LogP contribution in [-0.2, 0) is 0 Å². The average Bonchev–Trinajstić information content (AvgIpc) is 3.37. The topological polar surface area (TPSA) is 80.3 Å². The maximum atomic E-state index is 14.0. The van der Waals surface area contributed by atoms with E-state index >= 15 is 0 Å². The second-order valence-corrected chi connectivity index (χ2v) is 14.3. The van der Waals surface area contributed by atoms with E-state index in [-0.39, 0.29) is 29.4 Å². The third kappa shape index (κ3) is 7.36. The Morgan fingerprint density at radius 3 is 2.00 bits per heavy atom. The Morgan fingerprint density at radius 1 is 0.886 bits per heavy atom. The number of ether oxygens (including phenoxy) is 3. The fourth-order valence-electron chi connectivity index (χ4n) is 4.91. The maximum absolute atomic E-state index is 14.0. The predicted molar refractivity (Wildman–Crippen MR) is 181 cm³/mol. The molecule has 2 aromatic rings. The summed E-state index contributed by atoms with van der Waals surface area (Å²) < 4.78 is 18.2. The standard InChI is InChI=1S/C35H50N2O5.C2H6/c1-11-32(2,3)33(4,5)21-41-30-18-28-27(17-29(30)42-22-34(6,7)35(8,9)39)31(38)37-20-24(16-25(37)19-36-28)23-12-14-26(40-10)15-13-23;1-2/h12-15,17-18,20,25,36,39H,11,16,19,21-22H2,1-10H3;1-2H3. The predicted octanol–water partition coefficient (Wildman–Crippen LogP) is 8.42. The molecule has 2 aliphatic rings. The molecule has 0 aromatic heterocycles. The van der Waals surface area contributed by atoms with Gasteiger partial charge in [-0.15, -0.1) is 0 Å². The van der Waals surface area contributed by atoms with E-state index in [1.54, 1.807) is 27.0 Å². The van der Waals surface area contributed by atoms with Crippen LogP contribution in [0.3, 0.4) is 0 Å². The molecule has 0 spiro atoms. The summed E-state index contributed by atoms with van der Waals surface area (Å²) in [5, 5.41) is 14.3. The molecule has 7 nitrogen and oxygen atoms in total. The van der Waals surface area contributed by atoms with E-state index in [0.717, 1.165) is 35.4 Å². The number of hydrogen-bond acceptors (Lipinski definition) is 6. The van der Waals surface area contributed by atoms with Gasteiger partial charge in [0, 0.05) is 29.6 Å². The van der Waals surface area contributed by atoms with Gasteiger partial charge in [-0.25, -0.2) is 0 Å². The highest BCUT2D eigenvalue weighted by Gasteiger charge is 2.39. The zero-order chi connectivity index (χ0) is 33.1. The van der Waals surface area contributed by atoms with Crippen LogP contribution in [0.4, 0.5) is 5.69 Å². The van der Waals surface area contributed by atoms with Crippen molar-refractivity contribution < 1.29 is 24.1 Å². The maximum Gasteiger partial charge on any atom is 0.260 e. The minimum absolute atomic E-state index is 0.00542. The number of rotatable bonds is 11. The van der Waals surface area contributed by atoms with Crippen molar-refractivity contribution >= 4 is 17.2 Å². The summed E-state index contributed by atoms with van der Waals surface area (Å²) in [7, 11) is 1.66. The van der Waals surface area contributed by atoms with Gasteiger partial charge in [-0.3, -0.25) is 4.79 Å². The third-order valence-corrected chi connectivity index (χ3v) is 10.2. The summed E-state index contributed by atoms with van der Waals surface area (Å²) in [6.07, 6.45) is 3.76. The lowest BCUT2D eigenvalue weighted by molar-refractivity contribution is -0.0576. The molecule has 0 fully saturated rings. The lowest BCUT2D eigenvalue weighted by atomic mass is 9.67. The van der Waals surface area contributed by atoms with E-state index in [1.165, 1.54) is 0 Å². The molecule has 0 aliphatic carbocycles. The van der Waals surface area contributed by atoms with Crippen molar-refractivity contribution in [3.8, 4) is 17.2 Å². The summed E-state index contributed by atoms with van der Waals surface area (Å²) in [6, 6.07) is 11.7. The molecule has 0 saturated heterocycles. The fraction of sp³-hybridized carbons (Fsp3) is 0.595. The van der Waals surface area contributed by atoms with E-state index in [2.05, 4.69) is 39.9 Å². The number of hydrogen-bond donors (Lipinski definition) is 2. The Morgan fingerprint density at radius 2 is 1.45 bits per heavy atom. The van der Waals surface area contributed by atoms with Gasteiger partial charge in [-0.05, 0) is 55.0 Å². The van der Waals surface area contributed by atoms with Crippen molar-refractivity contribution in [2.24, 2.45) is 16.2 Å². The molecule has 0 saturated carbocycles.